The van der Waals surface area contributed by atoms with E-state index in [9.17, 15) is 5.26 Å². The first-order chi connectivity index (χ1) is 12.3. The van der Waals surface area contributed by atoms with E-state index in [0.717, 1.165) is 33.3 Å². The molecule has 0 N–H and O–H groups in total. The molecule has 1 heterocycles. The lowest BCUT2D eigenvalue weighted by Gasteiger charge is -2.15. The van der Waals surface area contributed by atoms with Crippen molar-refractivity contribution in [3.8, 4) is 28.5 Å². The Balaban J connectivity index is 2.13. The van der Waals surface area contributed by atoms with Crippen LogP contribution in [0.2, 0.25) is 0 Å². The predicted molar refractivity (Wildman–Crippen MR) is 102 cm³/mol. The molecule has 0 saturated heterocycles. The molecule has 0 fully saturated rings. The Hall–Kier alpha value is -3.44. The Bertz CT molecular complexity index is 1110. The van der Waals surface area contributed by atoms with Gasteiger partial charge in [0.1, 0.15) is 11.8 Å². The number of hydrogen-bond donors (Lipinski definition) is 0. The smallest absolute Gasteiger partial charge is 0.141 e. The SMILES string of the molecule is Cc1ccc(C#N)nc1-c1c(-c2ccccc2)ccc2ccccc12. The lowest BCUT2D eigenvalue weighted by atomic mass is 9.90. The van der Waals surface area contributed by atoms with Crippen molar-refractivity contribution in [2.45, 2.75) is 6.92 Å². The van der Waals surface area contributed by atoms with E-state index in [0.29, 0.717) is 5.69 Å². The zero-order valence-electron chi connectivity index (χ0n) is 13.9. The van der Waals surface area contributed by atoms with Crippen LogP contribution in [-0.4, -0.2) is 4.98 Å². The minimum absolute atomic E-state index is 0.438. The fourth-order valence-electron chi connectivity index (χ4n) is 3.23. The number of aromatic nitrogens is 1. The quantitative estimate of drug-likeness (QED) is 0.471. The molecule has 3 aromatic carbocycles. The summed E-state index contributed by atoms with van der Waals surface area (Å²) in [7, 11) is 0. The number of nitrogens with zero attached hydrogens (tertiary/aromatic N) is 2. The molecule has 2 nitrogen and oxygen atoms in total. The molecular formula is C23H16N2. The maximum Gasteiger partial charge on any atom is 0.141 e. The summed E-state index contributed by atoms with van der Waals surface area (Å²) < 4.78 is 0. The molecule has 0 unspecified atom stereocenters. The van der Waals surface area contributed by atoms with Gasteiger partial charge < -0.3 is 0 Å². The Morgan fingerprint density at radius 1 is 0.800 bits per heavy atom. The van der Waals surface area contributed by atoms with Crippen LogP contribution in [0, 0.1) is 18.3 Å². The molecule has 4 aromatic rings. The summed E-state index contributed by atoms with van der Waals surface area (Å²) in [5.74, 6) is 0. The second-order valence-corrected chi connectivity index (χ2v) is 6.05. The minimum Gasteiger partial charge on any atom is -0.237 e. The molecule has 0 saturated carbocycles. The van der Waals surface area contributed by atoms with E-state index in [4.69, 9.17) is 0 Å². The Morgan fingerprint density at radius 3 is 2.36 bits per heavy atom. The molecule has 4 rings (SSSR count). The van der Waals surface area contributed by atoms with Crippen LogP contribution < -0.4 is 0 Å². The van der Waals surface area contributed by atoms with Crippen molar-refractivity contribution < 1.29 is 0 Å². The van der Waals surface area contributed by atoms with Gasteiger partial charge in [-0.05, 0) is 40.5 Å². The second-order valence-electron chi connectivity index (χ2n) is 6.05. The highest BCUT2D eigenvalue weighted by molar-refractivity contribution is 6.03. The van der Waals surface area contributed by atoms with Gasteiger partial charge in [-0.3, -0.25) is 0 Å². The van der Waals surface area contributed by atoms with Gasteiger partial charge in [-0.1, -0.05) is 72.8 Å². The molecule has 0 aliphatic rings. The van der Waals surface area contributed by atoms with E-state index in [1.54, 1.807) is 6.07 Å². The molecule has 0 bridgehead atoms. The van der Waals surface area contributed by atoms with E-state index in [1.165, 1.54) is 5.39 Å². The van der Waals surface area contributed by atoms with Gasteiger partial charge in [0, 0.05) is 5.56 Å². The van der Waals surface area contributed by atoms with Crippen molar-refractivity contribution in [1.29, 1.82) is 5.26 Å². The van der Waals surface area contributed by atoms with Crippen LogP contribution >= 0.6 is 0 Å². The normalized spacial score (nSPS) is 10.6. The van der Waals surface area contributed by atoms with Crippen LogP contribution in [0.3, 0.4) is 0 Å². The first-order valence-electron chi connectivity index (χ1n) is 8.23. The van der Waals surface area contributed by atoms with Crippen molar-refractivity contribution in [2.24, 2.45) is 0 Å². The molecule has 0 aliphatic carbocycles. The topological polar surface area (TPSA) is 36.7 Å². The van der Waals surface area contributed by atoms with Crippen LogP contribution in [0.1, 0.15) is 11.3 Å². The van der Waals surface area contributed by atoms with Gasteiger partial charge in [-0.2, -0.15) is 5.26 Å². The highest BCUT2D eigenvalue weighted by Gasteiger charge is 2.15. The van der Waals surface area contributed by atoms with Crippen molar-refractivity contribution in [3.63, 3.8) is 0 Å². The van der Waals surface area contributed by atoms with Crippen molar-refractivity contribution in [3.05, 3.63) is 90.1 Å². The molecule has 118 valence electrons. The molecule has 0 amide bonds. The van der Waals surface area contributed by atoms with Gasteiger partial charge in [0.05, 0.1) is 5.69 Å². The maximum atomic E-state index is 9.29. The molecule has 0 aliphatic heterocycles. The van der Waals surface area contributed by atoms with Crippen LogP contribution in [0.4, 0.5) is 0 Å². The fraction of sp³-hybridized carbons (Fsp3) is 0.0435. The Morgan fingerprint density at radius 2 is 1.56 bits per heavy atom. The molecule has 0 atom stereocenters. The second kappa shape index (κ2) is 6.22. The number of nitriles is 1. The molecule has 0 spiro atoms. The Labute approximate surface area is 147 Å². The van der Waals surface area contributed by atoms with Crippen LogP contribution in [0.15, 0.2) is 78.9 Å². The van der Waals surface area contributed by atoms with Crippen LogP contribution in [0.5, 0.6) is 0 Å². The molecule has 1 aromatic heterocycles. The number of aryl methyl sites for hydroxylation is 1. The summed E-state index contributed by atoms with van der Waals surface area (Å²) in [6.07, 6.45) is 0. The number of rotatable bonds is 2. The third-order valence-corrected chi connectivity index (χ3v) is 4.46. The van der Waals surface area contributed by atoms with Crippen molar-refractivity contribution >= 4 is 10.8 Å². The summed E-state index contributed by atoms with van der Waals surface area (Å²) >= 11 is 0. The molecule has 0 radical (unpaired) electrons. The summed E-state index contributed by atoms with van der Waals surface area (Å²) in [5.41, 5.74) is 5.73. The summed E-state index contributed by atoms with van der Waals surface area (Å²) in [4.78, 5) is 4.64. The van der Waals surface area contributed by atoms with Gasteiger partial charge in [0.25, 0.3) is 0 Å². The third kappa shape index (κ3) is 2.66. The summed E-state index contributed by atoms with van der Waals surface area (Å²) in [5, 5.41) is 11.6. The van der Waals surface area contributed by atoms with Crippen LogP contribution in [-0.2, 0) is 0 Å². The zero-order chi connectivity index (χ0) is 17.2. The highest BCUT2D eigenvalue weighted by Crippen LogP contribution is 2.38. The lowest BCUT2D eigenvalue weighted by Crippen LogP contribution is -1.95. The molecular weight excluding hydrogens is 304 g/mol. The van der Waals surface area contributed by atoms with E-state index in [1.807, 2.05) is 43.3 Å². The largest absolute Gasteiger partial charge is 0.237 e. The van der Waals surface area contributed by atoms with Crippen molar-refractivity contribution in [2.75, 3.05) is 0 Å². The van der Waals surface area contributed by atoms with Gasteiger partial charge in [-0.15, -0.1) is 0 Å². The number of fused-ring (bicyclic) bond motifs is 1. The highest BCUT2D eigenvalue weighted by atomic mass is 14.7. The number of pyridine rings is 1. The summed E-state index contributed by atoms with van der Waals surface area (Å²) in [6.45, 7) is 2.04. The monoisotopic (exact) mass is 320 g/mol. The van der Waals surface area contributed by atoms with Gasteiger partial charge >= 0.3 is 0 Å². The fourth-order valence-corrected chi connectivity index (χ4v) is 3.23. The zero-order valence-corrected chi connectivity index (χ0v) is 13.9. The first-order valence-corrected chi connectivity index (χ1v) is 8.23. The van der Waals surface area contributed by atoms with E-state index in [2.05, 4.69) is 47.5 Å². The van der Waals surface area contributed by atoms with Gasteiger partial charge in [0.2, 0.25) is 0 Å². The number of hydrogen-bond acceptors (Lipinski definition) is 2. The molecule has 25 heavy (non-hydrogen) atoms. The minimum atomic E-state index is 0.438. The summed E-state index contributed by atoms with van der Waals surface area (Å²) in [6, 6.07) is 28.8. The van der Waals surface area contributed by atoms with Gasteiger partial charge in [0.15, 0.2) is 0 Å². The standard InChI is InChI=1S/C23H16N2/c1-16-11-13-19(15-24)25-23(16)22-20-10-6-5-9-18(20)12-14-21(22)17-7-3-2-4-8-17/h2-14H,1H3. The van der Waals surface area contributed by atoms with E-state index in [-0.39, 0.29) is 0 Å². The first kappa shape index (κ1) is 15.1. The molecule has 2 heteroatoms. The van der Waals surface area contributed by atoms with E-state index >= 15 is 0 Å². The van der Waals surface area contributed by atoms with Crippen molar-refractivity contribution in [1.82, 2.24) is 4.98 Å². The predicted octanol–water partition coefficient (Wildman–Crippen LogP) is 5.75. The maximum absolute atomic E-state index is 9.29. The lowest BCUT2D eigenvalue weighted by molar-refractivity contribution is 1.23. The average molecular weight is 320 g/mol. The third-order valence-electron chi connectivity index (χ3n) is 4.46. The van der Waals surface area contributed by atoms with Crippen LogP contribution in [0.25, 0.3) is 33.2 Å². The Kier molecular flexibility index (Phi) is 3.76. The average Bonchev–Trinajstić information content (AvgIpc) is 2.68. The number of benzene rings is 3. The van der Waals surface area contributed by atoms with E-state index < -0.39 is 0 Å². The van der Waals surface area contributed by atoms with Gasteiger partial charge in [-0.25, -0.2) is 4.98 Å².